The largest absolute Gasteiger partial charge is 0.493 e. The van der Waals surface area contributed by atoms with Crippen LogP contribution in [-0.2, 0) is 0 Å². The number of nitrogens with one attached hydrogen (secondary N) is 1. The Morgan fingerprint density at radius 2 is 1.89 bits per heavy atom. The Bertz CT molecular complexity index is 1100. The predicted octanol–water partition coefficient (Wildman–Crippen LogP) is 5.80. The Morgan fingerprint density at radius 1 is 1.11 bits per heavy atom. The van der Waals surface area contributed by atoms with Crippen molar-refractivity contribution < 1.29 is 13.9 Å². The number of aromatic nitrogens is 1. The van der Waals surface area contributed by atoms with Gasteiger partial charge in [-0.1, -0.05) is 23.7 Å². The Labute approximate surface area is 166 Å². The summed E-state index contributed by atoms with van der Waals surface area (Å²) < 4.78 is 11.3. The van der Waals surface area contributed by atoms with Gasteiger partial charge in [-0.05, 0) is 61.5 Å². The molecule has 0 saturated carbocycles. The van der Waals surface area contributed by atoms with Gasteiger partial charge in [0.1, 0.15) is 11.3 Å². The molecule has 28 heavy (non-hydrogen) atoms. The van der Waals surface area contributed by atoms with E-state index in [1.165, 1.54) is 0 Å². The van der Waals surface area contributed by atoms with Gasteiger partial charge in [-0.25, -0.2) is 4.98 Å². The van der Waals surface area contributed by atoms with E-state index in [1.807, 2.05) is 43.3 Å². The molecule has 1 heterocycles. The predicted molar refractivity (Wildman–Crippen MR) is 110 cm³/mol. The molecule has 4 rings (SSSR count). The number of rotatable bonds is 5. The van der Waals surface area contributed by atoms with Crippen molar-refractivity contribution >= 4 is 34.3 Å². The number of hydrogen-bond donors (Lipinski definition) is 1. The second-order valence-corrected chi connectivity index (χ2v) is 6.53. The maximum Gasteiger partial charge on any atom is 0.259 e. The molecule has 0 spiro atoms. The first-order chi connectivity index (χ1) is 13.6. The molecule has 6 heteroatoms. The van der Waals surface area contributed by atoms with Crippen molar-refractivity contribution in [3.8, 4) is 17.2 Å². The van der Waals surface area contributed by atoms with Gasteiger partial charge in [-0.2, -0.15) is 0 Å². The molecule has 0 aliphatic rings. The van der Waals surface area contributed by atoms with Gasteiger partial charge >= 0.3 is 0 Å². The third-order valence-electron chi connectivity index (χ3n) is 4.17. The fraction of sp³-hybridized carbons (Fsp3) is 0.0909. The molecule has 0 saturated heterocycles. The topological polar surface area (TPSA) is 64.4 Å². The van der Waals surface area contributed by atoms with Crippen molar-refractivity contribution in [2.45, 2.75) is 6.92 Å². The third kappa shape index (κ3) is 3.70. The van der Waals surface area contributed by atoms with Gasteiger partial charge in [0, 0.05) is 16.3 Å². The highest BCUT2D eigenvalue weighted by molar-refractivity contribution is 6.31. The van der Waals surface area contributed by atoms with E-state index in [0.717, 1.165) is 16.7 Å². The third-order valence-corrected chi connectivity index (χ3v) is 4.40. The number of para-hydroxylation sites is 2. The molecule has 3 aromatic carbocycles. The van der Waals surface area contributed by atoms with Crippen molar-refractivity contribution in [2.24, 2.45) is 0 Å². The van der Waals surface area contributed by atoms with Gasteiger partial charge in [0.25, 0.3) is 5.91 Å². The van der Waals surface area contributed by atoms with E-state index in [0.29, 0.717) is 34.5 Å². The Kier molecular flexibility index (Phi) is 5.00. The number of oxazole rings is 1. The van der Waals surface area contributed by atoms with E-state index >= 15 is 0 Å². The number of benzene rings is 3. The summed E-state index contributed by atoms with van der Waals surface area (Å²) in [6, 6.07) is 19.9. The maximum atomic E-state index is 12.7. The molecule has 0 aliphatic carbocycles. The van der Waals surface area contributed by atoms with Crippen LogP contribution in [0.15, 0.2) is 71.1 Å². The zero-order valence-electron chi connectivity index (χ0n) is 15.1. The van der Waals surface area contributed by atoms with Crippen LogP contribution >= 0.6 is 11.6 Å². The summed E-state index contributed by atoms with van der Waals surface area (Å²) in [5.74, 6) is 0.737. The average molecular weight is 393 g/mol. The molecule has 0 bridgehead atoms. The number of halogens is 1. The van der Waals surface area contributed by atoms with Gasteiger partial charge in [-0.3, -0.25) is 4.79 Å². The summed E-state index contributed by atoms with van der Waals surface area (Å²) in [4.78, 5) is 17.1. The number of carbonyl (C=O) groups is 1. The molecule has 1 N–H and O–H groups in total. The lowest BCUT2D eigenvalue weighted by Gasteiger charge is -2.11. The van der Waals surface area contributed by atoms with E-state index in [2.05, 4.69) is 10.3 Å². The lowest BCUT2D eigenvalue weighted by molar-refractivity contribution is 0.102. The van der Waals surface area contributed by atoms with Crippen LogP contribution in [0.3, 0.4) is 0 Å². The SMILES string of the molecule is CCOc1ccc(Cl)cc1C(=O)Nc1ccc(-c2nc3ccccc3o2)cc1. The molecule has 140 valence electrons. The summed E-state index contributed by atoms with van der Waals surface area (Å²) in [5, 5.41) is 3.33. The van der Waals surface area contributed by atoms with Gasteiger partial charge in [-0.15, -0.1) is 0 Å². The van der Waals surface area contributed by atoms with Crippen LogP contribution < -0.4 is 10.1 Å². The molecule has 0 unspecified atom stereocenters. The van der Waals surface area contributed by atoms with E-state index in [-0.39, 0.29) is 5.91 Å². The smallest absolute Gasteiger partial charge is 0.259 e. The minimum Gasteiger partial charge on any atom is -0.493 e. The summed E-state index contributed by atoms with van der Waals surface area (Å²) in [6.07, 6.45) is 0. The van der Waals surface area contributed by atoms with Gasteiger partial charge < -0.3 is 14.5 Å². The summed E-state index contributed by atoms with van der Waals surface area (Å²) in [6.45, 7) is 2.32. The first kappa shape index (κ1) is 18.1. The first-order valence-corrected chi connectivity index (χ1v) is 9.21. The molecule has 1 aromatic heterocycles. The normalized spacial score (nSPS) is 10.8. The first-order valence-electron chi connectivity index (χ1n) is 8.84. The Hall–Kier alpha value is -3.31. The van der Waals surface area contributed by atoms with Crippen LogP contribution in [0, 0.1) is 0 Å². The Balaban J connectivity index is 1.55. The van der Waals surface area contributed by atoms with Crippen LogP contribution in [0.25, 0.3) is 22.6 Å². The number of anilines is 1. The fourth-order valence-electron chi connectivity index (χ4n) is 2.85. The van der Waals surface area contributed by atoms with Crippen LogP contribution in [-0.4, -0.2) is 17.5 Å². The molecule has 1 amide bonds. The van der Waals surface area contributed by atoms with Crippen LogP contribution in [0.2, 0.25) is 5.02 Å². The van der Waals surface area contributed by atoms with Crippen LogP contribution in [0.1, 0.15) is 17.3 Å². The number of carbonyl (C=O) groups excluding carboxylic acids is 1. The average Bonchev–Trinajstić information content (AvgIpc) is 3.14. The number of fused-ring (bicyclic) bond motifs is 1. The maximum absolute atomic E-state index is 12.7. The summed E-state index contributed by atoms with van der Waals surface area (Å²) >= 11 is 6.03. The highest BCUT2D eigenvalue weighted by Gasteiger charge is 2.14. The minimum atomic E-state index is -0.291. The number of hydrogen-bond acceptors (Lipinski definition) is 4. The number of ether oxygens (including phenoxy) is 1. The summed E-state index contributed by atoms with van der Waals surface area (Å²) in [7, 11) is 0. The zero-order valence-corrected chi connectivity index (χ0v) is 15.9. The van der Waals surface area contributed by atoms with Crippen molar-refractivity contribution in [3.63, 3.8) is 0 Å². The van der Waals surface area contributed by atoms with Crippen LogP contribution in [0.4, 0.5) is 5.69 Å². The minimum absolute atomic E-state index is 0.291. The fourth-order valence-corrected chi connectivity index (χ4v) is 3.02. The van der Waals surface area contributed by atoms with Gasteiger partial charge in [0.15, 0.2) is 5.58 Å². The second-order valence-electron chi connectivity index (χ2n) is 6.09. The Morgan fingerprint density at radius 3 is 2.64 bits per heavy atom. The summed E-state index contributed by atoms with van der Waals surface area (Å²) in [5.41, 5.74) is 3.40. The van der Waals surface area contributed by atoms with Crippen molar-refractivity contribution in [1.82, 2.24) is 4.98 Å². The van der Waals surface area contributed by atoms with Crippen molar-refractivity contribution in [3.05, 3.63) is 77.3 Å². The van der Waals surface area contributed by atoms with Crippen LogP contribution in [0.5, 0.6) is 5.75 Å². The monoisotopic (exact) mass is 392 g/mol. The molecule has 0 atom stereocenters. The van der Waals surface area contributed by atoms with E-state index < -0.39 is 0 Å². The lowest BCUT2D eigenvalue weighted by Crippen LogP contribution is -2.13. The molecule has 5 nitrogen and oxygen atoms in total. The molecule has 0 aliphatic heterocycles. The van der Waals surface area contributed by atoms with Crippen molar-refractivity contribution in [2.75, 3.05) is 11.9 Å². The molecular formula is C22H17ClN2O3. The quantitative estimate of drug-likeness (QED) is 0.466. The molecule has 0 radical (unpaired) electrons. The van der Waals surface area contributed by atoms with E-state index in [9.17, 15) is 4.79 Å². The van der Waals surface area contributed by atoms with E-state index in [4.69, 9.17) is 20.8 Å². The number of amides is 1. The standard InChI is InChI=1S/C22H17ClN2O3/c1-2-27-19-12-9-15(23)13-17(19)21(26)24-16-10-7-14(8-11-16)22-25-18-5-3-4-6-20(18)28-22/h3-13H,2H2,1H3,(H,24,26). The van der Waals surface area contributed by atoms with E-state index in [1.54, 1.807) is 30.3 Å². The number of nitrogens with zero attached hydrogens (tertiary/aromatic N) is 1. The molecule has 0 fully saturated rings. The molecular weight excluding hydrogens is 376 g/mol. The van der Waals surface area contributed by atoms with Crippen molar-refractivity contribution in [1.29, 1.82) is 0 Å². The second kappa shape index (κ2) is 7.74. The highest BCUT2D eigenvalue weighted by atomic mass is 35.5. The zero-order chi connectivity index (χ0) is 19.5. The van der Waals surface area contributed by atoms with Gasteiger partial charge in [0.2, 0.25) is 5.89 Å². The van der Waals surface area contributed by atoms with Gasteiger partial charge in [0.05, 0.1) is 12.2 Å². The highest BCUT2D eigenvalue weighted by Crippen LogP contribution is 2.27. The molecule has 4 aromatic rings. The lowest BCUT2D eigenvalue weighted by atomic mass is 10.1.